The van der Waals surface area contributed by atoms with Gasteiger partial charge in [-0.3, -0.25) is 0 Å². The summed E-state index contributed by atoms with van der Waals surface area (Å²) in [5.41, 5.74) is 2.50. The third-order valence-corrected chi connectivity index (χ3v) is 6.26. The van der Waals surface area contributed by atoms with E-state index in [2.05, 4.69) is 18.2 Å². The van der Waals surface area contributed by atoms with Gasteiger partial charge in [0.05, 0.1) is 12.2 Å². The molecule has 1 aliphatic heterocycles. The highest BCUT2D eigenvalue weighted by Gasteiger charge is 2.43. The van der Waals surface area contributed by atoms with Crippen molar-refractivity contribution in [2.24, 2.45) is 0 Å². The minimum Gasteiger partial charge on any atom is -0.468 e. The monoisotopic (exact) mass is 392 g/mol. The Morgan fingerprint density at radius 2 is 1.80 bits per heavy atom. The van der Waals surface area contributed by atoms with Crippen molar-refractivity contribution in [3.8, 4) is 5.75 Å². The largest absolute Gasteiger partial charge is 0.468 e. The quantitative estimate of drug-likeness (QED) is 0.556. The maximum absolute atomic E-state index is 11.6. The Morgan fingerprint density at radius 1 is 0.933 bits per heavy atom. The first-order valence-corrected chi connectivity index (χ1v) is 10.1. The van der Waals surface area contributed by atoms with E-state index < -0.39 is 5.60 Å². The summed E-state index contributed by atoms with van der Waals surface area (Å²) >= 11 is 0. The second kappa shape index (κ2) is 6.22. The van der Waals surface area contributed by atoms with Crippen molar-refractivity contribution < 1.29 is 14.3 Å². The first-order chi connectivity index (χ1) is 14.6. The average Bonchev–Trinajstić information content (AvgIpc) is 3.21. The van der Waals surface area contributed by atoms with Crippen molar-refractivity contribution in [3.05, 3.63) is 125 Å². The molecule has 30 heavy (non-hydrogen) atoms. The van der Waals surface area contributed by atoms with Crippen LogP contribution in [-0.2, 0) is 0 Å². The maximum atomic E-state index is 11.6. The van der Waals surface area contributed by atoms with E-state index in [-0.39, 0.29) is 5.92 Å². The van der Waals surface area contributed by atoms with Crippen molar-refractivity contribution >= 4 is 10.8 Å². The highest BCUT2D eigenvalue weighted by Crippen LogP contribution is 2.52. The van der Waals surface area contributed by atoms with Crippen molar-refractivity contribution in [2.45, 2.75) is 18.4 Å². The van der Waals surface area contributed by atoms with E-state index in [0.717, 1.165) is 50.3 Å². The van der Waals surface area contributed by atoms with Crippen LogP contribution in [0.25, 0.3) is 10.8 Å². The Balaban J connectivity index is 1.71. The zero-order valence-electron chi connectivity index (χ0n) is 16.5. The third-order valence-electron chi connectivity index (χ3n) is 6.26. The lowest BCUT2D eigenvalue weighted by molar-refractivity contribution is 0.143. The fourth-order valence-corrected chi connectivity index (χ4v) is 4.80. The van der Waals surface area contributed by atoms with Crippen LogP contribution in [0.2, 0.25) is 0 Å². The predicted molar refractivity (Wildman–Crippen MR) is 117 cm³/mol. The van der Waals surface area contributed by atoms with Gasteiger partial charge < -0.3 is 14.3 Å². The van der Waals surface area contributed by atoms with Crippen LogP contribution < -0.4 is 4.74 Å². The van der Waals surface area contributed by atoms with Gasteiger partial charge in [0, 0.05) is 11.1 Å². The zero-order chi connectivity index (χ0) is 20.3. The lowest BCUT2D eigenvalue weighted by Crippen LogP contribution is -2.32. The summed E-state index contributed by atoms with van der Waals surface area (Å²) in [4.78, 5) is 0. The molecule has 1 N–H and O–H groups in total. The third kappa shape index (κ3) is 2.36. The SMILES string of the molecule is CC1(O)C2=CC=CC=C1C1=C(C=C2)Oc2ccc3ccccc3c2C1c1ccco1. The van der Waals surface area contributed by atoms with Gasteiger partial charge in [-0.1, -0.05) is 60.7 Å². The molecule has 2 atom stereocenters. The molecule has 0 saturated heterocycles. The van der Waals surface area contributed by atoms with Gasteiger partial charge in [-0.15, -0.1) is 0 Å². The number of benzene rings is 2. The van der Waals surface area contributed by atoms with Crippen LogP contribution in [0.1, 0.15) is 24.2 Å². The van der Waals surface area contributed by atoms with Crippen LogP contribution in [0.4, 0.5) is 0 Å². The standard InChI is InChI=1S/C27H20O3/c1-27(28)18-8-3-5-10-20(27)25-23(15-13-18)30-22-14-12-17-7-2-4-9-19(17)24(22)26(25)21-11-6-16-29-21/h2-16,26,28H,1H3. The first kappa shape index (κ1) is 17.3. The van der Waals surface area contributed by atoms with Crippen LogP contribution in [0.15, 0.2) is 118 Å². The molecule has 3 nitrogen and oxygen atoms in total. The van der Waals surface area contributed by atoms with Gasteiger partial charge in [-0.2, -0.15) is 0 Å². The molecule has 3 aromatic rings. The van der Waals surface area contributed by atoms with Crippen LogP contribution in [-0.4, -0.2) is 10.7 Å². The molecule has 2 heterocycles. The Labute approximate surface area is 174 Å². The van der Waals surface area contributed by atoms with Crippen LogP contribution >= 0.6 is 0 Å². The Kier molecular flexibility index (Phi) is 3.59. The smallest absolute Gasteiger partial charge is 0.132 e. The fraction of sp³-hybridized carbons (Fsp3) is 0.111. The summed E-state index contributed by atoms with van der Waals surface area (Å²) in [5, 5.41) is 13.8. The number of ether oxygens (including phenoxy) is 1. The molecule has 2 bridgehead atoms. The minimum atomic E-state index is -1.15. The lowest BCUT2D eigenvalue weighted by atomic mass is 9.75. The van der Waals surface area contributed by atoms with Crippen LogP contribution in [0, 0.1) is 0 Å². The summed E-state index contributed by atoms with van der Waals surface area (Å²) in [7, 11) is 0. The highest BCUT2D eigenvalue weighted by molar-refractivity contribution is 5.90. The van der Waals surface area contributed by atoms with Crippen molar-refractivity contribution in [3.63, 3.8) is 0 Å². The average molecular weight is 392 g/mol. The van der Waals surface area contributed by atoms with Gasteiger partial charge in [0.2, 0.25) is 0 Å². The van der Waals surface area contributed by atoms with E-state index in [0.29, 0.717) is 0 Å². The number of hydrogen-bond acceptors (Lipinski definition) is 3. The Morgan fingerprint density at radius 3 is 2.67 bits per heavy atom. The molecule has 146 valence electrons. The highest BCUT2D eigenvalue weighted by atomic mass is 16.5. The molecule has 3 aliphatic rings. The van der Waals surface area contributed by atoms with E-state index in [4.69, 9.17) is 9.15 Å². The second-order valence-corrected chi connectivity index (χ2v) is 8.02. The number of rotatable bonds is 1. The van der Waals surface area contributed by atoms with E-state index >= 15 is 0 Å². The summed E-state index contributed by atoms with van der Waals surface area (Å²) in [6.45, 7) is 1.84. The molecule has 2 unspecified atom stereocenters. The van der Waals surface area contributed by atoms with Crippen LogP contribution in [0.3, 0.4) is 0 Å². The molecule has 2 aliphatic carbocycles. The molecular weight excluding hydrogens is 372 g/mol. The molecule has 3 heteroatoms. The number of fused-ring (bicyclic) bond motifs is 6. The first-order valence-electron chi connectivity index (χ1n) is 10.1. The van der Waals surface area contributed by atoms with E-state index in [9.17, 15) is 5.11 Å². The van der Waals surface area contributed by atoms with E-state index in [1.165, 1.54) is 0 Å². The second-order valence-electron chi connectivity index (χ2n) is 8.02. The van der Waals surface area contributed by atoms with Gasteiger partial charge in [0.25, 0.3) is 0 Å². The summed E-state index contributed by atoms with van der Waals surface area (Å²) in [6.07, 6.45) is 13.5. The molecule has 0 radical (unpaired) electrons. The molecule has 0 saturated carbocycles. The lowest BCUT2D eigenvalue weighted by Gasteiger charge is -2.35. The van der Waals surface area contributed by atoms with Crippen molar-refractivity contribution in [1.29, 1.82) is 0 Å². The van der Waals surface area contributed by atoms with Gasteiger partial charge >= 0.3 is 0 Å². The number of furan rings is 1. The summed E-state index contributed by atoms with van der Waals surface area (Å²) in [6, 6.07) is 16.3. The topological polar surface area (TPSA) is 42.6 Å². The fourth-order valence-electron chi connectivity index (χ4n) is 4.80. The van der Waals surface area contributed by atoms with E-state index in [1.807, 2.05) is 73.7 Å². The van der Waals surface area contributed by atoms with Crippen molar-refractivity contribution in [1.82, 2.24) is 0 Å². The molecular formula is C27H20O3. The molecule has 2 aromatic carbocycles. The molecule has 0 fully saturated rings. The van der Waals surface area contributed by atoms with Crippen molar-refractivity contribution in [2.75, 3.05) is 0 Å². The normalized spacial score (nSPS) is 24.4. The molecule has 6 rings (SSSR count). The maximum Gasteiger partial charge on any atom is 0.132 e. The number of aliphatic hydroxyl groups is 1. The van der Waals surface area contributed by atoms with Gasteiger partial charge in [0.1, 0.15) is 22.9 Å². The predicted octanol–water partition coefficient (Wildman–Crippen LogP) is 5.95. The summed E-state index contributed by atoms with van der Waals surface area (Å²) in [5.74, 6) is 2.19. The number of allylic oxidation sites excluding steroid dienone is 5. The van der Waals surface area contributed by atoms with Crippen LogP contribution in [0.5, 0.6) is 5.75 Å². The van der Waals surface area contributed by atoms with Gasteiger partial charge in [0.15, 0.2) is 0 Å². The minimum absolute atomic E-state index is 0.196. The molecule has 1 aromatic heterocycles. The van der Waals surface area contributed by atoms with Gasteiger partial charge in [-0.05, 0) is 53.1 Å². The van der Waals surface area contributed by atoms with E-state index in [1.54, 1.807) is 6.26 Å². The number of hydrogen-bond donors (Lipinski definition) is 1. The molecule has 0 spiro atoms. The molecule has 0 amide bonds. The summed E-state index contributed by atoms with van der Waals surface area (Å²) < 4.78 is 12.4. The zero-order valence-corrected chi connectivity index (χ0v) is 16.5. The van der Waals surface area contributed by atoms with Gasteiger partial charge in [-0.25, -0.2) is 0 Å². The Bertz CT molecular complexity index is 1330. The Hall–Kier alpha value is -3.56.